The SMILES string of the molecule is CCc1c(=O)n(N)cc2c(=O)n3c(cc12)-c1nc2ccccc2cc1C3. The first-order chi connectivity index (χ1) is 12.6. The molecule has 0 atom stereocenters. The highest BCUT2D eigenvalue weighted by Gasteiger charge is 2.24. The molecule has 0 spiro atoms. The molecule has 0 unspecified atom stereocenters. The zero-order valence-electron chi connectivity index (χ0n) is 14.2. The van der Waals surface area contributed by atoms with Gasteiger partial charge in [0.2, 0.25) is 0 Å². The highest BCUT2D eigenvalue weighted by atomic mass is 16.1. The van der Waals surface area contributed by atoms with Gasteiger partial charge in [0.05, 0.1) is 28.8 Å². The summed E-state index contributed by atoms with van der Waals surface area (Å²) in [6.07, 6.45) is 1.94. The van der Waals surface area contributed by atoms with Crippen LogP contribution in [-0.2, 0) is 13.0 Å². The first-order valence-corrected chi connectivity index (χ1v) is 8.54. The van der Waals surface area contributed by atoms with E-state index in [4.69, 9.17) is 10.8 Å². The van der Waals surface area contributed by atoms with Crippen molar-refractivity contribution in [3.63, 3.8) is 0 Å². The number of hydrogen-bond acceptors (Lipinski definition) is 4. The first-order valence-electron chi connectivity index (χ1n) is 8.54. The van der Waals surface area contributed by atoms with E-state index in [1.165, 1.54) is 6.20 Å². The minimum atomic E-state index is -0.269. The molecular formula is C20H16N4O2. The summed E-state index contributed by atoms with van der Waals surface area (Å²) in [7, 11) is 0. The highest BCUT2D eigenvalue weighted by molar-refractivity contribution is 5.90. The van der Waals surface area contributed by atoms with Gasteiger partial charge in [0.1, 0.15) is 0 Å². The maximum absolute atomic E-state index is 13.1. The van der Waals surface area contributed by atoms with Crippen LogP contribution in [0.3, 0.4) is 0 Å². The lowest BCUT2D eigenvalue weighted by Crippen LogP contribution is -2.31. The minimum absolute atomic E-state index is 0.145. The lowest BCUT2D eigenvalue weighted by Gasteiger charge is -2.10. The number of nitrogens with two attached hydrogens (primary N) is 1. The van der Waals surface area contributed by atoms with Gasteiger partial charge in [-0.3, -0.25) is 9.59 Å². The Morgan fingerprint density at radius 2 is 1.92 bits per heavy atom. The summed E-state index contributed by atoms with van der Waals surface area (Å²) in [6.45, 7) is 2.36. The van der Waals surface area contributed by atoms with Gasteiger partial charge in [0.15, 0.2) is 0 Å². The van der Waals surface area contributed by atoms with Crippen molar-refractivity contribution < 1.29 is 0 Å². The largest absolute Gasteiger partial charge is 0.336 e. The molecule has 4 aromatic rings. The predicted octanol–water partition coefficient (Wildman–Crippen LogP) is 2.02. The van der Waals surface area contributed by atoms with Gasteiger partial charge >= 0.3 is 0 Å². The van der Waals surface area contributed by atoms with Crippen LogP contribution in [0, 0.1) is 0 Å². The van der Waals surface area contributed by atoms with Crippen molar-refractivity contribution in [2.24, 2.45) is 0 Å². The number of nitrogen functional groups attached to an aromatic ring is 1. The summed E-state index contributed by atoms with van der Waals surface area (Å²) in [6, 6.07) is 11.9. The molecule has 2 N–H and O–H groups in total. The van der Waals surface area contributed by atoms with Gasteiger partial charge in [-0.1, -0.05) is 25.1 Å². The van der Waals surface area contributed by atoms with Gasteiger partial charge < -0.3 is 10.4 Å². The lowest BCUT2D eigenvalue weighted by atomic mass is 10.0. The third kappa shape index (κ3) is 1.84. The number of aromatic nitrogens is 3. The number of nitrogens with zero attached hydrogens (tertiary/aromatic N) is 3. The fourth-order valence-corrected chi connectivity index (χ4v) is 3.87. The molecule has 1 aromatic carbocycles. The molecule has 0 aliphatic carbocycles. The number of aryl methyl sites for hydroxylation is 1. The van der Waals surface area contributed by atoms with E-state index in [1.54, 1.807) is 4.57 Å². The number of rotatable bonds is 1. The molecule has 128 valence electrons. The third-order valence-electron chi connectivity index (χ3n) is 5.15. The van der Waals surface area contributed by atoms with Crippen LogP contribution in [0.25, 0.3) is 33.1 Å². The topological polar surface area (TPSA) is 82.9 Å². The van der Waals surface area contributed by atoms with Gasteiger partial charge in [-0.15, -0.1) is 0 Å². The summed E-state index contributed by atoms with van der Waals surface area (Å²) in [5.41, 5.74) is 3.61. The molecule has 0 fully saturated rings. The molecular weight excluding hydrogens is 328 g/mol. The summed E-state index contributed by atoms with van der Waals surface area (Å²) in [5.74, 6) is 5.77. The average Bonchev–Trinajstić information content (AvgIpc) is 3.00. The van der Waals surface area contributed by atoms with Gasteiger partial charge in [-0.2, -0.15) is 0 Å². The van der Waals surface area contributed by atoms with E-state index in [2.05, 4.69) is 6.07 Å². The number of para-hydroxylation sites is 1. The fourth-order valence-electron chi connectivity index (χ4n) is 3.87. The highest BCUT2D eigenvalue weighted by Crippen LogP contribution is 2.33. The Balaban J connectivity index is 1.91. The van der Waals surface area contributed by atoms with Crippen molar-refractivity contribution in [1.29, 1.82) is 0 Å². The van der Waals surface area contributed by atoms with Crippen LogP contribution in [0.1, 0.15) is 18.1 Å². The summed E-state index contributed by atoms with van der Waals surface area (Å²) < 4.78 is 2.72. The molecule has 5 rings (SSSR count). The number of pyridine rings is 3. The molecule has 1 aliphatic rings. The molecule has 0 bridgehead atoms. The number of fused-ring (bicyclic) bond motifs is 5. The Hall–Kier alpha value is -3.41. The van der Waals surface area contributed by atoms with Crippen LogP contribution in [0.5, 0.6) is 0 Å². The second-order valence-electron chi connectivity index (χ2n) is 6.61. The molecule has 26 heavy (non-hydrogen) atoms. The monoisotopic (exact) mass is 344 g/mol. The molecule has 6 heteroatoms. The Morgan fingerprint density at radius 1 is 1.12 bits per heavy atom. The van der Waals surface area contributed by atoms with Crippen molar-refractivity contribution in [1.82, 2.24) is 14.2 Å². The second-order valence-corrected chi connectivity index (χ2v) is 6.61. The Labute approximate surface area is 148 Å². The molecule has 3 aromatic heterocycles. The lowest BCUT2D eigenvalue weighted by molar-refractivity contribution is 0.809. The molecule has 6 nitrogen and oxygen atoms in total. The van der Waals surface area contributed by atoms with E-state index < -0.39 is 0 Å². The first kappa shape index (κ1) is 14.9. The maximum atomic E-state index is 13.1. The van der Waals surface area contributed by atoms with E-state index in [0.717, 1.165) is 32.5 Å². The fraction of sp³-hybridized carbons (Fsp3) is 0.150. The Kier molecular flexibility index (Phi) is 2.89. The molecule has 0 saturated heterocycles. The summed E-state index contributed by atoms with van der Waals surface area (Å²) >= 11 is 0. The van der Waals surface area contributed by atoms with Crippen molar-refractivity contribution in [2.75, 3.05) is 5.84 Å². The van der Waals surface area contributed by atoms with E-state index >= 15 is 0 Å². The van der Waals surface area contributed by atoms with Crippen molar-refractivity contribution in [2.45, 2.75) is 19.9 Å². The quantitative estimate of drug-likeness (QED) is 0.472. The zero-order chi connectivity index (χ0) is 18.0. The van der Waals surface area contributed by atoms with E-state index in [-0.39, 0.29) is 11.1 Å². The van der Waals surface area contributed by atoms with Crippen LogP contribution in [0.2, 0.25) is 0 Å². The molecule has 1 aliphatic heterocycles. The summed E-state index contributed by atoms with van der Waals surface area (Å²) in [4.78, 5) is 30.2. The van der Waals surface area contributed by atoms with Crippen LogP contribution >= 0.6 is 0 Å². The minimum Gasteiger partial charge on any atom is -0.336 e. The average molecular weight is 344 g/mol. The number of hydrogen-bond donors (Lipinski definition) is 1. The second kappa shape index (κ2) is 5.05. The van der Waals surface area contributed by atoms with Crippen molar-refractivity contribution >= 4 is 21.7 Å². The van der Waals surface area contributed by atoms with Gasteiger partial charge in [-0.05, 0) is 30.0 Å². The smallest absolute Gasteiger partial charge is 0.272 e. The Bertz CT molecular complexity index is 1350. The molecule has 4 heterocycles. The van der Waals surface area contributed by atoms with E-state index in [1.807, 2.05) is 37.3 Å². The normalized spacial score (nSPS) is 12.5. The Morgan fingerprint density at radius 3 is 2.73 bits per heavy atom. The van der Waals surface area contributed by atoms with E-state index in [9.17, 15) is 9.59 Å². The molecule has 0 amide bonds. The van der Waals surface area contributed by atoms with Crippen LogP contribution < -0.4 is 17.0 Å². The van der Waals surface area contributed by atoms with Gasteiger partial charge in [0, 0.05) is 22.7 Å². The maximum Gasteiger partial charge on any atom is 0.272 e. The zero-order valence-corrected chi connectivity index (χ0v) is 14.2. The summed E-state index contributed by atoms with van der Waals surface area (Å²) in [5, 5.41) is 2.18. The van der Waals surface area contributed by atoms with Gasteiger partial charge in [-0.25, -0.2) is 9.66 Å². The molecule has 0 radical (unpaired) electrons. The van der Waals surface area contributed by atoms with Crippen LogP contribution in [0.15, 0.2) is 52.2 Å². The van der Waals surface area contributed by atoms with Crippen LogP contribution in [-0.4, -0.2) is 14.2 Å². The third-order valence-corrected chi connectivity index (χ3v) is 5.15. The van der Waals surface area contributed by atoms with Crippen molar-refractivity contribution in [3.8, 4) is 11.4 Å². The van der Waals surface area contributed by atoms with E-state index in [0.29, 0.717) is 29.3 Å². The predicted molar refractivity (Wildman–Crippen MR) is 102 cm³/mol. The molecule has 0 saturated carbocycles. The van der Waals surface area contributed by atoms with Crippen molar-refractivity contribution in [3.05, 3.63) is 74.4 Å². The standard InChI is InChI=1S/C20H16N4O2/c1-2-13-14-8-17-18-12(7-11-5-3-4-6-16(11)22-18)9-23(17)19(25)15(14)10-24(21)20(13)26/h3-8,10H,2,9,21H2,1H3. The van der Waals surface area contributed by atoms with Gasteiger partial charge in [0.25, 0.3) is 11.1 Å². The number of benzene rings is 1. The van der Waals surface area contributed by atoms with Crippen LogP contribution in [0.4, 0.5) is 0 Å².